The summed E-state index contributed by atoms with van der Waals surface area (Å²) in [6.45, 7) is 1.94. The molecule has 78 valence electrons. The molecule has 0 saturated heterocycles. The summed E-state index contributed by atoms with van der Waals surface area (Å²) in [6, 6.07) is 0.552. The van der Waals surface area contributed by atoms with Crippen LogP contribution in [0, 0.1) is 0 Å². The lowest BCUT2D eigenvalue weighted by Gasteiger charge is -2.20. The molecule has 2 N–H and O–H groups in total. The Labute approximate surface area is 84.5 Å². The van der Waals surface area contributed by atoms with Crippen LogP contribution in [-0.4, -0.2) is 15.0 Å². The van der Waals surface area contributed by atoms with Gasteiger partial charge in [0.05, 0.1) is 17.9 Å². The molecule has 0 unspecified atom stereocenters. The Bertz CT molecular complexity index is 286. The van der Waals surface area contributed by atoms with Crippen molar-refractivity contribution in [2.75, 3.05) is 0 Å². The lowest BCUT2D eigenvalue weighted by molar-refractivity contribution is 0.324. The van der Waals surface area contributed by atoms with Crippen LogP contribution in [0.1, 0.15) is 56.8 Å². The predicted octanol–water partition coefficient (Wildman–Crippen LogP) is 1.80. The van der Waals surface area contributed by atoms with E-state index in [-0.39, 0.29) is 6.04 Å². The van der Waals surface area contributed by atoms with Gasteiger partial charge in [-0.2, -0.15) is 0 Å². The zero-order chi connectivity index (χ0) is 9.97. The largest absolute Gasteiger partial charge is 0.323 e. The van der Waals surface area contributed by atoms with Gasteiger partial charge in [-0.3, -0.25) is 0 Å². The maximum Gasteiger partial charge on any atom is 0.0991 e. The molecule has 4 heteroatoms. The average Bonchev–Trinajstić information content (AvgIpc) is 2.68. The van der Waals surface area contributed by atoms with Gasteiger partial charge in [-0.1, -0.05) is 24.5 Å². The smallest absolute Gasteiger partial charge is 0.0991 e. The summed E-state index contributed by atoms with van der Waals surface area (Å²) in [6.07, 6.45) is 8.48. The Kier molecular flexibility index (Phi) is 2.82. The van der Waals surface area contributed by atoms with E-state index in [0.717, 1.165) is 5.69 Å². The van der Waals surface area contributed by atoms with E-state index in [4.69, 9.17) is 5.73 Å². The molecule has 0 radical (unpaired) electrons. The molecule has 0 spiro atoms. The van der Waals surface area contributed by atoms with E-state index in [9.17, 15) is 0 Å². The van der Waals surface area contributed by atoms with Crippen molar-refractivity contribution in [3.05, 3.63) is 11.9 Å². The maximum atomic E-state index is 5.74. The van der Waals surface area contributed by atoms with Crippen LogP contribution < -0.4 is 5.73 Å². The number of hydrogen-bond donors (Lipinski definition) is 1. The van der Waals surface area contributed by atoms with Crippen LogP contribution in [0.5, 0.6) is 0 Å². The fourth-order valence-corrected chi connectivity index (χ4v) is 2.02. The molecule has 0 aliphatic heterocycles. The fraction of sp³-hybridized carbons (Fsp3) is 0.800. The van der Waals surface area contributed by atoms with Crippen molar-refractivity contribution in [3.8, 4) is 0 Å². The molecule has 1 aromatic rings. The average molecular weight is 194 g/mol. The van der Waals surface area contributed by atoms with E-state index in [0.29, 0.717) is 6.04 Å². The first-order valence-corrected chi connectivity index (χ1v) is 5.44. The number of hydrogen-bond acceptors (Lipinski definition) is 3. The first-order chi connectivity index (χ1) is 6.77. The van der Waals surface area contributed by atoms with Gasteiger partial charge in [0, 0.05) is 6.04 Å². The van der Waals surface area contributed by atoms with Gasteiger partial charge in [0.25, 0.3) is 0 Å². The molecular formula is C10H18N4. The number of nitrogens with zero attached hydrogens (tertiary/aromatic N) is 3. The van der Waals surface area contributed by atoms with E-state index in [1.807, 2.05) is 17.8 Å². The number of rotatable bonds is 2. The first-order valence-electron chi connectivity index (χ1n) is 5.44. The molecule has 0 amide bonds. The minimum Gasteiger partial charge on any atom is -0.323 e. The predicted molar refractivity (Wildman–Crippen MR) is 54.7 cm³/mol. The van der Waals surface area contributed by atoms with Gasteiger partial charge in [-0.05, 0) is 19.8 Å². The highest BCUT2D eigenvalue weighted by atomic mass is 15.4. The van der Waals surface area contributed by atoms with Crippen molar-refractivity contribution in [1.82, 2.24) is 15.0 Å². The minimum atomic E-state index is -0.00709. The Morgan fingerprint density at radius 1 is 1.43 bits per heavy atom. The normalized spacial score (nSPS) is 21.0. The van der Waals surface area contributed by atoms with Gasteiger partial charge < -0.3 is 5.73 Å². The van der Waals surface area contributed by atoms with Crippen LogP contribution in [0.25, 0.3) is 0 Å². The molecule has 0 bridgehead atoms. The Hall–Kier alpha value is -0.900. The Morgan fingerprint density at radius 3 is 2.71 bits per heavy atom. The first kappa shape index (κ1) is 9.65. The molecule has 1 saturated carbocycles. The molecule has 1 aliphatic rings. The number of aromatic nitrogens is 3. The molecule has 2 rings (SSSR count). The third kappa shape index (κ3) is 1.95. The Morgan fingerprint density at radius 2 is 2.14 bits per heavy atom. The van der Waals surface area contributed by atoms with Crippen LogP contribution in [0.4, 0.5) is 0 Å². The molecule has 1 fully saturated rings. The molecule has 1 atom stereocenters. The summed E-state index contributed by atoms with van der Waals surface area (Å²) in [5.74, 6) is 0. The maximum absolute atomic E-state index is 5.74. The van der Waals surface area contributed by atoms with Gasteiger partial charge in [0.1, 0.15) is 0 Å². The molecule has 1 heterocycles. The summed E-state index contributed by atoms with van der Waals surface area (Å²) >= 11 is 0. The summed E-state index contributed by atoms with van der Waals surface area (Å²) < 4.78 is 2.00. The molecule has 1 aromatic heterocycles. The Balaban J connectivity index is 2.07. The second-order valence-corrected chi connectivity index (χ2v) is 4.20. The summed E-state index contributed by atoms with van der Waals surface area (Å²) in [5.41, 5.74) is 6.64. The highest BCUT2D eigenvalue weighted by molar-refractivity contribution is 4.98. The van der Waals surface area contributed by atoms with E-state index in [1.54, 1.807) is 0 Å². The lowest BCUT2D eigenvalue weighted by Crippen LogP contribution is -2.13. The fourth-order valence-electron chi connectivity index (χ4n) is 2.02. The van der Waals surface area contributed by atoms with Crippen LogP contribution >= 0.6 is 0 Å². The van der Waals surface area contributed by atoms with Crippen LogP contribution in [0.3, 0.4) is 0 Å². The third-order valence-electron chi connectivity index (χ3n) is 2.94. The van der Waals surface area contributed by atoms with Gasteiger partial charge in [-0.15, -0.1) is 5.10 Å². The van der Waals surface area contributed by atoms with Gasteiger partial charge >= 0.3 is 0 Å². The summed E-state index contributed by atoms with van der Waals surface area (Å²) in [4.78, 5) is 0. The van der Waals surface area contributed by atoms with Crippen molar-refractivity contribution in [2.24, 2.45) is 5.73 Å². The second kappa shape index (κ2) is 4.09. The van der Waals surface area contributed by atoms with Crippen molar-refractivity contribution in [3.63, 3.8) is 0 Å². The zero-order valence-corrected chi connectivity index (χ0v) is 8.69. The van der Waals surface area contributed by atoms with Gasteiger partial charge in [0.15, 0.2) is 0 Å². The van der Waals surface area contributed by atoms with E-state index in [2.05, 4.69) is 10.3 Å². The highest BCUT2D eigenvalue weighted by Crippen LogP contribution is 2.27. The van der Waals surface area contributed by atoms with Gasteiger partial charge in [0.2, 0.25) is 0 Å². The van der Waals surface area contributed by atoms with Crippen molar-refractivity contribution in [2.45, 2.75) is 51.1 Å². The molecule has 4 nitrogen and oxygen atoms in total. The van der Waals surface area contributed by atoms with Crippen LogP contribution in [-0.2, 0) is 0 Å². The van der Waals surface area contributed by atoms with E-state index >= 15 is 0 Å². The van der Waals surface area contributed by atoms with E-state index in [1.165, 1.54) is 32.1 Å². The third-order valence-corrected chi connectivity index (χ3v) is 2.94. The molecule has 1 aliphatic carbocycles. The van der Waals surface area contributed by atoms with Crippen molar-refractivity contribution in [1.29, 1.82) is 0 Å². The van der Waals surface area contributed by atoms with Crippen LogP contribution in [0.15, 0.2) is 6.20 Å². The highest BCUT2D eigenvalue weighted by Gasteiger charge is 2.17. The zero-order valence-electron chi connectivity index (χ0n) is 8.69. The molecule has 0 aromatic carbocycles. The standard InChI is InChI=1S/C10H18N4/c1-8(11)10-7-14(13-12-10)9-5-3-2-4-6-9/h7-9H,2-6,11H2,1H3/t8-/m1/s1. The molecular weight excluding hydrogens is 176 g/mol. The van der Waals surface area contributed by atoms with E-state index < -0.39 is 0 Å². The lowest BCUT2D eigenvalue weighted by atomic mass is 9.96. The number of nitrogens with two attached hydrogens (primary N) is 1. The van der Waals surface area contributed by atoms with Crippen LogP contribution in [0.2, 0.25) is 0 Å². The minimum absolute atomic E-state index is 0.00709. The quantitative estimate of drug-likeness (QED) is 0.781. The van der Waals surface area contributed by atoms with Gasteiger partial charge in [-0.25, -0.2) is 4.68 Å². The monoisotopic (exact) mass is 194 g/mol. The summed E-state index contributed by atoms with van der Waals surface area (Å²) in [7, 11) is 0. The SMILES string of the molecule is C[C@@H](N)c1cn(C2CCCCC2)nn1. The summed E-state index contributed by atoms with van der Waals surface area (Å²) in [5, 5.41) is 8.23. The van der Waals surface area contributed by atoms with Crippen molar-refractivity contribution >= 4 is 0 Å². The van der Waals surface area contributed by atoms with Crippen molar-refractivity contribution < 1.29 is 0 Å². The topological polar surface area (TPSA) is 56.7 Å². The molecule has 14 heavy (non-hydrogen) atoms. The second-order valence-electron chi connectivity index (χ2n) is 4.20.